The molecule has 0 aromatic heterocycles. The van der Waals surface area contributed by atoms with E-state index in [9.17, 15) is 9.18 Å². The van der Waals surface area contributed by atoms with Crippen LogP contribution < -0.4 is 5.32 Å². The van der Waals surface area contributed by atoms with Crippen LogP contribution in [0, 0.1) is 18.7 Å². The first-order chi connectivity index (χ1) is 9.08. The van der Waals surface area contributed by atoms with Crippen molar-refractivity contribution in [2.24, 2.45) is 5.92 Å². The summed E-state index contributed by atoms with van der Waals surface area (Å²) in [5, 5.41) is 3.88. The van der Waals surface area contributed by atoms with Gasteiger partial charge in [-0.1, -0.05) is 29.3 Å². The number of benzene rings is 1. The first-order valence-electron chi connectivity index (χ1n) is 6.68. The third-order valence-corrected chi connectivity index (χ3v) is 3.64. The number of nitrogens with one attached hydrogen (secondary N) is 1. The highest BCUT2D eigenvalue weighted by molar-refractivity contribution is 9.09. The van der Waals surface area contributed by atoms with Gasteiger partial charge in [0, 0.05) is 17.4 Å². The zero-order chi connectivity index (χ0) is 14.3. The van der Waals surface area contributed by atoms with Crippen LogP contribution in [-0.2, 0) is 0 Å². The molecular formula is C15H21BrFNO. The van der Waals surface area contributed by atoms with Gasteiger partial charge in [0.15, 0.2) is 0 Å². The number of hydrogen-bond donors (Lipinski definition) is 1. The average molecular weight is 330 g/mol. The fourth-order valence-corrected chi connectivity index (χ4v) is 2.68. The molecule has 19 heavy (non-hydrogen) atoms. The molecule has 0 aliphatic heterocycles. The van der Waals surface area contributed by atoms with Gasteiger partial charge in [-0.05, 0) is 49.4 Å². The molecule has 2 nitrogen and oxygen atoms in total. The molecule has 106 valence electrons. The third-order valence-electron chi connectivity index (χ3n) is 3.19. The molecule has 1 unspecified atom stereocenters. The minimum Gasteiger partial charge on any atom is -0.352 e. The van der Waals surface area contributed by atoms with Crippen molar-refractivity contribution < 1.29 is 9.18 Å². The molecule has 4 heteroatoms. The Kier molecular flexibility index (Phi) is 7.06. The zero-order valence-corrected chi connectivity index (χ0v) is 13.1. The number of aryl methyl sites for hydroxylation is 1. The monoisotopic (exact) mass is 329 g/mol. The van der Waals surface area contributed by atoms with Crippen LogP contribution in [0.25, 0.3) is 0 Å². The standard InChI is InChI=1S/C15H21BrFNO/c1-3-4-12(7-8-16)10-18-15(19)13-5-6-14(17)11(2)9-13/h5-6,9,12H,3-4,7-8,10H2,1-2H3,(H,18,19). The highest BCUT2D eigenvalue weighted by Gasteiger charge is 2.11. The predicted molar refractivity (Wildman–Crippen MR) is 80.3 cm³/mol. The number of amides is 1. The molecule has 0 fully saturated rings. The van der Waals surface area contributed by atoms with Crippen molar-refractivity contribution in [3.8, 4) is 0 Å². The summed E-state index contributed by atoms with van der Waals surface area (Å²) >= 11 is 3.44. The molecule has 1 atom stereocenters. The summed E-state index contributed by atoms with van der Waals surface area (Å²) in [7, 11) is 0. The Bertz CT molecular complexity index is 417. The second-order valence-corrected chi connectivity index (χ2v) is 5.60. The summed E-state index contributed by atoms with van der Waals surface area (Å²) in [5.74, 6) is 0.0911. The van der Waals surface area contributed by atoms with E-state index in [2.05, 4.69) is 28.2 Å². The maximum atomic E-state index is 13.1. The molecule has 1 aromatic carbocycles. The smallest absolute Gasteiger partial charge is 0.251 e. The fraction of sp³-hybridized carbons (Fsp3) is 0.533. The SMILES string of the molecule is CCCC(CCBr)CNC(=O)c1ccc(F)c(C)c1. The molecule has 0 saturated heterocycles. The van der Waals surface area contributed by atoms with Gasteiger partial charge in [-0.2, -0.15) is 0 Å². The van der Waals surface area contributed by atoms with Crippen molar-refractivity contribution in [1.29, 1.82) is 0 Å². The number of carbonyl (C=O) groups excluding carboxylic acids is 1. The van der Waals surface area contributed by atoms with Gasteiger partial charge in [-0.25, -0.2) is 4.39 Å². The van der Waals surface area contributed by atoms with Gasteiger partial charge in [-0.3, -0.25) is 4.79 Å². The predicted octanol–water partition coefficient (Wildman–Crippen LogP) is 4.07. The van der Waals surface area contributed by atoms with Gasteiger partial charge >= 0.3 is 0 Å². The number of hydrogen-bond acceptors (Lipinski definition) is 1. The minimum absolute atomic E-state index is 0.126. The molecule has 1 N–H and O–H groups in total. The van der Waals surface area contributed by atoms with E-state index in [0.717, 1.165) is 24.6 Å². The highest BCUT2D eigenvalue weighted by Crippen LogP contribution is 2.13. The lowest BCUT2D eigenvalue weighted by Crippen LogP contribution is -2.29. The minimum atomic E-state index is -0.278. The van der Waals surface area contributed by atoms with Crippen LogP contribution in [-0.4, -0.2) is 17.8 Å². The van der Waals surface area contributed by atoms with Gasteiger partial charge in [0.2, 0.25) is 0 Å². The van der Waals surface area contributed by atoms with E-state index in [1.165, 1.54) is 12.1 Å². The molecule has 0 bridgehead atoms. The van der Waals surface area contributed by atoms with E-state index < -0.39 is 0 Å². The first-order valence-corrected chi connectivity index (χ1v) is 7.81. The number of carbonyl (C=O) groups is 1. The zero-order valence-electron chi connectivity index (χ0n) is 11.5. The molecule has 1 amide bonds. The lowest BCUT2D eigenvalue weighted by molar-refractivity contribution is 0.0946. The molecule has 0 saturated carbocycles. The topological polar surface area (TPSA) is 29.1 Å². The summed E-state index contributed by atoms with van der Waals surface area (Å²) in [6.45, 7) is 4.48. The molecule has 0 aliphatic carbocycles. The molecule has 0 radical (unpaired) electrons. The van der Waals surface area contributed by atoms with Crippen LogP contribution in [0.1, 0.15) is 42.1 Å². The fourth-order valence-electron chi connectivity index (χ4n) is 2.04. The first kappa shape index (κ1) is 16.2. The molecule has 0 aliphatic rings. The van der Waals surface area contributed by atoms with E-state index in [1.807, 2.05) is 0 Å². The molecule has 1 rings (SSSR count). The summed E-state index contributed by atoms with van der Waals surface area (Å²) in [6.07, 6.45) is 3.27. The van der Waals surface area contributed by atoms with Crippen molar-refractivity contribution >= 4 is 21.8 Å². The Morgan fingerprint density at radius 3 is 2.74 bits per heavy atom. The van der Waals surface area contributed by atoms with Gasteiger partial charge in [0.05, 0.1) is 0 Å². The maximum Gasteiger partial charge on any atom is 0.251 e. The Balaban J connectivity index is 2.56. The Morgan fingerprint density at radius 1 is 1.42 bits per heavy atom. The van der Waals surface area contributed by atoms with Crippen LogP contribution in [0.5, 0.6) is 0 Å². The second kappa shape index (κ2) is 8.31. The van der Waals surface area contributed by atoms with Crippen molar-refractivity contribution in [3.63, 3.8) is 0 Å². The second-order valence-electron chi connectivity index (χ2n) is 4.81. The van der Waals surface area contributed by atoms with Crippen LogP contribution >= 0.6 is 15.9 Å². The average Bonchev–Trinajstić information content (AvgIpc) is 2.39. The van der Waals surface area contributed by atoms with Gasteiger partial charge < -0.3 is 5.32 Å². The lowest BCUT2D eigenvalue weighted by atomic mass is 10.0. The Labute approximate surface area is 122 Å². The molecule has 1 aromatic rings. The number of rotatable bonds is 7. The van der Waals surface area contributed by atoms with Crippen LogP contribution in [0.3, 0.4) is 0 Å². The van der Waals surface area contributed by atoms with E-state index in [0.29, 0.717) is 23.6 Å². The quantitative estimate of drug-likeness (QED) is 0.751. The molecular weight excluding hydrogens is 309 g/mol. The number of halogens is 2. The number of alkyl halides is 1. The maximum absolute atomic E-state index is 13.1. The largest absolute Gasteiger partial charge is 0.352 e. The van der Waals surface area contributed by atoms with E-state index in [-0.39, 0.29) is 11.7 Å². The van der Waals surface area contributed by atoms with Crippen molar-refractivity contribution in [3.05, 3.63) is 35.1 Å². The van der Waals surface area contributed by atoms with Crippen LogP contribution in [0.4, 0.5) is 4.39 Å². The summed E-state index contributed by atoms with van der Waals surface area (Å²) in [4.78, 5) is 12.0. The Morgan fingerprint density at radius 2 is 2.16 bits per heavy atom. The lowest BCUT2D eigenvalue weighted by Gasteiger charge is -2.15. The summed E-state index contributed by atoms with van der Waals surface area (Å²) < 4.78 is 13.1. The third kappa shape index (κ3) is 5.31. The van der Waals surface area contributed by atoms with Gasteiger partial charge in [-0.15, -0.1) is 0 Å². The molecule has 0 heterocycles. The van der Waals surface area contributed by atoms with Crippen molar-refractivity contribution in [1.82, 2.24) is 5.32 Å². The van der Waals surface area contributed by atoms with Crippen molar-refractivity contribution in [2.75, 3.05) is 11.9 Å². The normalized spacial score (nSPS) is 12.2. The highest BCUT2D eigenvalue weighted by atomic mass is 79.9. The van der Waals surface area contributed by atoms with Gasteiger partial charge in [0.1, 0.15) is 5.82 Å². The van der Waals surface area contributed by atoms with Gasteiger partial charge in [0.25, 0.3) is 5.91 Å². The van der Waals surface area contributed by atoms with Crippen LogP contribution in [0.15, 0.2) is 18.2 Å². The Hall–Kier alpha value is -0.900. The molecule has 0 spiro atoms. The summed E-state index contributed by atoms with van der Waals surface area (Å²) in [6, 6.07) is 4.45. The van der Waals surface area contributed by atoms with Crippen LogP contribution in [0.2, 0.25) is 0 Å². The van der Waals surface area contributed by atoms with E-state index >= 15 is 0 Å². The van der Waals surface area contributed by atoms with Crippen molar-refractivity contribution in [2.45, 2.75) is 33.1 Å². The van der Waals surface area contributed by atoms with E-state index in [1.54, 1.807) is 13.0 Å². The summed E-state index contributed by atoms with van der Waals surface area (Å²) in [5.41, 5.74) is 1.02. The van der Waals surface area contributed by atoms with E-state index in [4.69, 9.17) is 0 Å².